The number of carboxylic acids is 3. The summed E-state index contributed by atoms with van der Waals surface area (Å²) in [6.07, 6.45) is 17.6. The standard InChI is InChI=1S/C28H24N6O3.C26H18N6O4S.C26H19N5O3.C25H18N6O3/c1-16(35)23-24(19-10-12-22(31-14-19)28(2,3)27(36)37)33-26-20(15-32-34(26)25(23)29)18-9-11-21(30-13-18)17-7-5-4-6-8-17;1-14(33)22-23(16-8-10-21-18(11-16)26(34)31-37(21,35)36)30-25-19(13-29-32(25)24(22)27)17-7-9-20(28-12-17)15-5-3-2-4-6-15;1-15(32)22-23(17-8-5-9-18(12-17)26(33)34)30-25-20(14-29-31(25)24(22)27)19-10-11-21(28-13-19)16-6-3-2-4-7-16;1-14(32)21-22(17-9-18(25(33)34)11-27-10-17)30-24-19(13-29-31(24)23(21)26)16-7-8-20(28-12-16)15-5-3-2-4-6-15/h4-15H,29H2,1-3H3,(H,36,37);2-13H,27H2,1H3,(H,31,34);2-14H,27H2,1H3,(H,33,34);2-13H,26H2,1H3,(H,33,34). The number of carboxylic acid groups (broad SMARTS) is 3. The number of nitrogens with zero attached hydrogens (tertiary/aromatic N) is 18. The summed E-state index contributed by atoms with van der Waals surface area (Å²) in [6, 6.07) is 69.7. The van der Waals surface area contributed by atoms with Gasteiger partial charge in [-0.1, -0.05) is 164 Å². The molecule has 6 aromatic carbocycles. The number of carbonyl (C=O) groups is 8. The Labute approximate surface area is 806 Å². The van der Waals surface area contributed by atoms with Gasteiger partial charge in [-0.2, -0.15) is 38.5 Å². The van der Waals surface area contributed by atoms with E-state index in [1.165, 1.54) is 101 Å². The molecule has 20 aromatic rings. The highest BCUT2D eigenvalue weighted by Gasteiger charge is 2.36. The van der Waals surface area contributed by atoms with E-state index in [9.17, 15) is 62.1 Å². The molecule has 12 N–H and O–H groups in total. The lowest BCUT2D eigenvalue weighted by molar-refractivity contribution is -0.142. The fourth-order valence-electron chi connectivity index (χ4n) is 16.2. The van der Waals surface area contributed by atoms with E-state index in [1.807, 2.05) is 175 Å². The average molecular weight is 1900 g/mol. The lowest BCUT2D eigenvalue weighted by Crippen LogP contribution is -2.29. The second kappa shape index (κ2) is 37.9. The number of ketones is 4. The molecule has 1 amide bonds. The van der Waals surface area contributed by atoms with Crippen molar-refractivity contribution in [1.82, 2.24) is 93.0 Å². The number of sulfonamides is 1. The SMILES string of the molecule is CC(=O)c1c(-c2ccc(C(C)(C)C(=O)O)nc2)nc2c(-c3ccc(-c4ccccc4)nc3)cnn2c1N.CC(=O)c1c(-c2ccc3c(c2)C(=O)NS3(=O)=O)nc2c(-c3ccc(-c4ccccc4)nc3)cnn2c1N.CC(=O)c1c(-c2cccc(C(=O)O)c2)nc2c(-c3ccc(-c4ccccc4)nc3)cnn2c1N.CC(=O)c1c(-c2cncc(C(=O)O)c2)nc2c(-c3ccc(-c4ccccc4)nc3)cnn2c1N. The molecule has 0 unspecified atom stereocenters. The average Bonchev–Trinajstić information content (AvgIpc) is 1.57. The minimum Gasteiger partial charge on any atom is -0.481 e. The number of rotatable bonds is 20. The first-order valence-corrected chi connectivity index (χ1v) is 45.0. The van der Waals surface area contributed by atoms with Crippen LogP contribution in [0.4, 0.5) is 23.3 Å². The van der Waals surface area contributed by atoms with Crippen LogP contribution in [0.1, 0.15) is 120 Å². The zero-order valence-corrected chi connectivity index (χ0v) is 76.8. The zero-order chi connectivity index (χ0) is 99.9. The summed E-state index contributed by atoms with van der Waals surface area (Å²) >= 11 is 0. The van der Waals surface area contributed by atoms with Crippen LogP contribution in [0.3, 0.4) is 0 Å². The Morgan fingerprint density at radius 2 is 0.627 bits per heavy atom. The smallest absolute Gasteiger partial charge is 0.337 e. The summed E-state index contributed by atoms with van der Waals surface area (Å²) < 4.78 is 31.9. The molecular formula is C105H79N23O13S. The third kappa shape index (κ3) is 17.8. The van der Waals surface area contributed by atoms with Gasteiger partial charge in [0.15, 0.2) is 45.7 Å². The van der Waals surface area contributed by atoms with E-state index in [-0.39, 0.29) is 102 Å². The van der Waals surface area contributed by atoms with Gasteiger partial charge in [-0.25, -0.2) is 42.7 Å². The van der Waals surface area contributed by atoms with Crippen molar-refractivity contribution in [1.29, 1.82) is 0 Å². The molecule has 0 bridgehead atoms. The topological polar surface area (TPSA) is 546 Å². The number of nitrogens with two attached hydrogens (primary N) is 4. The Morgan fingerprint density at radius 1 is 0.317 bits per heavy atom. The molecule has 15 heterocycles. The van der Waals surface area contributed by atoms with Gasteiger partial charge in [-0.05, 0) is 108 Å². The van der Waals surface area contributed by atoms with Crippen LogP contribution in [0.5, 0.6) is 0 Å². The Bertz CT molecular complexity index is 8390. The van der Waals surface area contributed by atoms with Gasteiger partial charge in [0.25, 0.3) is 15.9 Å². The number of nitrogens with one attached hydrogen (secondary N) is 1. The molecule has 36 nitrogen and oxygen atoms in total. The quantitative estimate of drug-likeness (QED) is 0.0329. The summed E-state index contributed by atoms with van der Waals surface area (Å²) in [5, 5.41) is 45.7. The van der Waals surface area contributed by atoms with Crippen molar-refractivity contribution >= 4 is 103 Å². The number of pyridine rings is 6. The van der Waals surface area contributed by atoms with Gasteiger partial charge in [0.1, 0.15) is 33.6 Å². The van der Waals surface area contributed by atoms with Crippen molar-refractivity contribution < 1.29 is 62.1 Å². The number of aromatic nitrogens is 18. The number of hydrogen-bond acceptors (Lipinski definition) is 28. The molecule has 0 saturated heterocycles. The van der Waals surface area contributed by atoms with E-state index < -0.39 is 39.3 Å². The maximum Gasteiger partial charge on any atom is 0.337 e. The molecule has 1 aliphatic heterocycles. The fraction of sp³-hybridized carbons (Fsp3) is 0.0667. The van der Waals surface area contributed by atoms with E-state index >= 15 is 0 Å². The fourth-order valence-corrected chi connectivity index (χ4v) is 17.4. The maximum absolute atomic E-state index is 12.6. The minimum absolute atomic E-state index is 0.0262. The Hall–Kier alpha value is -19.6. The summed E-state index contributed by atoms with van der Waals surface area (Å²) in [7, 11) is -3.91. The lowest BCUT2D eigenvalue weighted by Gasteiger charge is -2.19. The maximum atomic E-state index is 12.6. The second-order valence-electron chi connectivity index (χ2n) is 33.1. The highest BCUT2D eigenvalue weighted by atomic mass is 32.2. The highest BCUT2D eigenvalue weighted by molar-refractivity contribution is 7.90. The number of fused-ring (bicyclic) bond motifs is 5. The van der Waals surface area contributed by atoms with Crippen molar-refractivity contribution in [2.45, 2.75) is 51.9 Å². The lowest BCUT2D eigenvalue weighted by atomic mass is 9.88. The van der Waals surface area contributed by atoms with Crippen LogP contribution >= 0.6 is 0 Å². The number of nitrogen functional groups attached to an aromatic ring is 4. The molecule has 698 valence electrons. The minimum atomic E-state index is -3.91. The van der Waals surface area contributed by atoms with Crippen LogP contribution in [0, 0.1) is 0 Å². The van der Waals surface area contributed by atoms with Crippen molar-refractivity contribution in [3.63, 3.8) is 0 Å². The van der Waals surface area contributed by atoms with E-state index in [0.29, 0.717) is 84.2 Å². The van der Waals surface area contributed by atoms with E-state index in [0.717, 1.165) is 67.3 Å². The molecule has 0 fully saturated rings. The molecule has 0 atom stereocenters. The Morgan fingerprint density at radius 3 is 0.944 bits per heavy atom. The van der Waals surface area contributed by atoms with Gasteiger partial charge in [0.05, 0.1) is 115 Å². The first-order valence-electron chi connectivity index (χ1n) is 43.5. The van der Waals surface area contributed by atoms with E-state index in [1.54, 1.807) is 87.7 Å². The third-order valence-electron chi connectivity index (χ3n) is 23.6. The molecule has 1 aliphatic rings. The van der Waals surface area contributed by atoms with E-state index in [2.05, 4.69) is 55.3 Å². The largest absolute Gasteiger partial charge is 0.481 e. The molecule has 37 heteroatoms. The zero-order valence-electron chi connectivity index (χ0n) is 76.0. The molecule has 21 rings (SSSR count). The summed E-state index contributed by atoms with van der Waals surface area (Å²) in [4.78, 5) is 142. The molecule has 0 saturated carbocycles. The first-order chi connectivity index (χ1) is 68.3. The normalized spacial score (nSPS) is 11.9. The van der Waals surface area contributed by atoms with Gasteiger partial charge >= 0.3 is 17.9 Å². The molecular weight excluding hydrogens is 1820 g/mol. The Kier molecular flexibility index (Phi) is 24.8. The van der Waals surface area contributed by atoms with Crippen molar-refractivity contribution in [2.24, 2.45) is 0 Å². The first kappa shape index (κ1) is 92.8. The number of hydrogen-bond donors (Lipinski definition) is 8. The molecule has 0 spiro atoms. The van der Waals surface area contributed by atoms with Gasteiger partial charge in [-0.3, -0.25) is 58.7 Å². The predicted octanol–water partition coefficient (Wildman–Crippen LogP) is 16.6. The van der Waals surface area contributed by atoms with E-state index in [4.69, 9.17) is 37.9 Å². The summed E-state index contributed by atoms with van der Waals surface area (Å²) in [6.45, 7) is 8.68. The van der Waals surface area contributed by atoms with Crippen molar-refractivity contribution in [3.05, 3.63) is 343 Å². The predicted molar refractivity (Wildman–Crippen MR) is 531 cm³/mol. The summed E-state index contributed by atoms with van der Waals surface area (Å²) in [5.41, 5.74) is 43.0. The van der Waals surface area contributed by atoms with Gasteiger partial charge in [-0.15, -0.1) is 0 Å². The van der Waals surface area contributed by atoms with Crippen LogP contribution in [-0.2, 0) is 20.2 Å². The number of carbonyl (C=O) groups excluding carboxylic acids is 5. The van der Waals surface area contributed by atoms with Crippen LogP contribution < -0.4 is 27.7 Å². The molecule has 0 radical (unpaired) electrons. The second-order valence-corrected chi connectivity index (χ2v) is 34.8. The number of amides is 1. The summed E-state index contributed by atoms with van der Waals surface area (Å²) in [5.74, 6) is -4.73. The van der Waals surface area contributed by atoms with Crippen LogP contribution in [-0.4, -0.2) is 159 Å². The Balaban J connectivity index is 0.000000125. The molecule has 14 aromatic heterocycles. The van der Waals surface area contributed by atoms with Crippen molar-refractivity contribution in [3.8, 4) is 135 Å². The van der Waals surface area contributed by atoms with Crippen LogP contribution in [0.15, 0.2) is 304 Å². The number of benzene rings is 6. The molecule has 142 heavy (non-hydrogen) atoms. The van der Waals surface area contributed by atoms with Crippen LogP contribution in [0.25, 0.3) is 157 Å². The van der Waals surface area contributed by atoms with Gasteiger partial charge < -0.3 is 38.3 Å². The number of anilines is 4. The molecule has 0 aliphatic carbocycles. The number of aromatic carboxylic acids is 2. The highest BCUT2D eigenvalue weighted by Crippen LogP contribution is 2.41. The van der Waals surface area contributed by atoms with Crippen LogP contribution in [0.2, 0.25) is 0 Å². The van der Waals surface area contributed by atoms with Gasteiger partial charge in [0.2, 0.25) is 0 Å². The monoisotopic (exact) mass is 1900 g/mol. The van der Waals surface area contributed by atoms with Gasteiger partial charge in [0, 0.05) is 132 Å². The third-order valence-corrected chi connectivity index (χ3v) is 25.0. The number of aliphatic carboxylic acids is 1. The van der Waals surface area contributed by atoms with Crippen molar-refractivity contribution in [2.75, 3.05) is 22.9 Å². The number of Topliss-reactive ketones (excluding diaryl/α,β-unsaturated/α-hetero) is 4.